The first kappa shape index (κ1) is 38.1. The molecule has 0 bridgehead atoms. The summed E-state index contributed by atoms with van der Waals surface area (Å²) in [6.07, 6.45) is -0.840. The molecule has 4 saturated heterocycles. The first-order valence-corrected chi connectivity index (χ1v) is 17.5. The van der Waals surface area contributed by atoms with Crippen LogP contribution < -0.4 is 0 Å². The van der Waals surface area contributed by atoms with Crippen molar-refractivity contribution < 1.29 is 38.4 Å². The Kier molecular flexibility index (Phi) is 12.2. The van der Waals surface area contributed by atoms with Crippen LogP contribution in [0.2, 0.25) is 0 Å². The highest BCUT2D eigenvalue weighted by Gasteiger charge is 2.52. The van der Waals surface area contributed by atoms with E-state index in [4.69, 9.17) is 18.9 Å². The van der Waals surface area contributed by atoms with Crippen LogP contribution in [-0.2, 0) is 33.3 Å². The summed E-state index contributed by atoms with van der Waals surface area (Å²) in [7, 11) is 9.54. The van der Waals surface area contributed by atoms with Gasteiger partial charge in [0.05, 0.1) is 23.7 Å². The first-order valence-electron chi connectivity index (χ1n) is 17.5. The monoisotopic (exact) mass is 666 g/mol. The predicted molar refractivity (Wildman–Crippen MR) is 178 cm³/mol. The maximum atomic E-state index is 14.2. The molecule has 4 aliphatic rings. The second kappa shape index (κ2) is 15.1. The Hall–Kier alpha value is -1.67. The first-order chi connectivity index (χ1) is 21.9. The summed E-state index contributed by atoms with van der Waals surface area (Å²) in [6.45, 7) is 14.8. The number of ketones is 1. The van der Waals surface area contributed by atoms with E-state index in [1.54, 1.807) is 27.9 Å². The fourth-order valence-corrected chi connectivity index (χ4v) is 8.39. The number of likely N-dealkylation sites (N-methyl/N-ethyl adjacent to an activating group) is 2. The second-order valence-corrected chi connectivity index (χ2v) is 16.1. The van der Waals surface area contributed by atoms with E-state index in [2.05, 4.69) is 16.7 Å². The molecule has 12 nitrogen and oxygen atoms in total. The smallest absolute Gasteiger partial charge is 0.319 e. The van der Waals surface area contributed by atoms with E-state index < -0.39 is 41.4 Å². The number of methoxy groups -OCH3 is 1. The van der Waals surface area contributed by atoms with Crippen molar-refractivity contribution in [2.75, 3.05) is 74.6 Å². The molecule has 0 radical (unpaired) electrons. The van der Waals surface area contributed by atoms with Crippen molar-refractivity contribution in [3.8, 4) is 0 Å². The summed E-state index contributed by atoms with van der Waals surface area (Å²) >= 11 is 0. The number of ether oxygens (including phenoxy) is 4. The number of carbonyl (C=O) groups is 3. The summed E-state index contributed by atoms with van der Waals surface area (Å²) < 4.78 is 25.0. The molecule has 12 heteroatoms. The molecule has 47 heavy (non-hydrogen) atoms. The minimum absolute atomic E-state index is 0.0457. The quantitative estimate of drug-likeness (QED) is 0.330. The lowest BCUT2D eigenvalue weighted by Gasteiger charge is -2.48. The van der Waals surface area contributed by atoms with E-state index in [0.29, 0.717) is 32.5 Å². The molecule has 4 heterocycles. The Bertz CT molecular complexity index is 1120. The van der Waals surface area contributed by atoms with Crippen LogP contribution in [0.15, 0.2) is 0 Å². The minimum Gasteiger partial charge on any atom is -0.463 e. The number of esters is 1. The van der Waals surface area contributed by atoms with Gasteiger partial charge in [0.1, 0.15) is 18.1 Å². The zero-order valence-electron chi connectivity index (χ0n) is 30.7. The van der Waals surface area contributed by atoms with Crippen molar-refractivity contribution in [3.63, 3.8) is 0 Å². The van der Waals surface area contributed by atoms with Gasteiger partial charge in [-0.3, -0.25) is 19.3 Å². The molecule has 1 amide bonds. The summed E-state index contributed by atoms with van der Waals surface area (Å²) in [6, 6.07) is -0.302. The lowest BCUT2D eigenvalue weighted by molar-refractivity contribution is -0.295. The molecule has 0 saturated carbocycles. The molecule has 0 spiro atoms. The van der Waals surface area contributed by atoms with Crippen LogP contribution in [0.25, 0.3) is 0 Å². The van der Waals surface area contributed by atoms with Crippen molar-refractivity contribution in [2.45, 2.75) is 103 Å². The number of nitrogens with zero attached hydrogens (tertiary/aromatic N) is 4. The Morgan fingerprint density at radius 3 is 2.28 bits per heavy atom. The molecule has 4 aliphatic heterocycles. The molecule has 0 aromatic carbocycles. The number of aliphatic hydroxyl groups excluding tert-OH is 1. The third-order valence-electron chi connectivity index (χ3n) is 11.4. The SMILES string of the molecule is CO[C@]1(C)C[C@@H](C)CN(C)[C@H](C2CN(C(=O)[C@@H]3CCN(C)C3)C2)COC(=O)C(C)(C)C(=O)[C@H](C)[C@H]1O[C@@H]1O[C@H](C)C[C@H](N(C)C)[C@H]1O. The van der Waals surface area contributed by atoms with Crippen LogP contribution in [-0.4, -0.2) is 159 Å². The Labute approximate surface area is 282 Å². The van der Waals surface area contributed by atoms with Crippen molar-refractivity contribution in [2.24, 2.45) is 29.1 Å². The van der Waals surface area contributed by atoms with Gasteiger partial charge in [0, 0.05) is 57.2 Å². The summed E-state index contributed by atoms with van der Waals surface area (Å²) in [5.41, 5.74) is -2.41. The largest absolute Gasteiger partial charge is 0.463 e. The van der Waals surface area contributed by atoms with E-state index in [9.17, 15) is 19.5 Å². The zero-order valence-corrected chi connectivity index (χ0v) is 30.7. The van der Waals surface area contributed by atoms with Crippen LogP contribution in [0.5, 0.6) is 0 Å². The van der Waals surface area contributed by atoms with Crippen LogP contribution in [0.4, 0.5) is 0 Å². The van der Waals surface area contributed by atoms with E-state index in [0.717, 1.165) is 19.5 Å². The van der Waals surface area contributed by atoms with E-state index in [1.165, 1.54) is 0 Å². The van der Waals surface area contributed by atoms with E-state index in [1.807, 2.05) is 51.8 Å². The number of rotatable bonds is 6. The van der Waals surface area contributed by atoms with Crippen LogP contribution in [0, 0.1) is 29.1 Å². The summed E-state index contributed by atoms with van der Waals surface area (Å²) in [5, 5.41) is 11.3. The highest BCUT2D eigenvalue weighted by atomic mass is 16.7. The molecule has 270 valence electrons. The van der Waals surface area contributed by atoms with Crippen molar-refractivity contribution >= 4 is 17.7 Å². The molecule has 10 atom stereocenters. The summed E-state index contributed by atoms with van der Waals surface area (Å²) in [4.78, 5) is 49.4. The van der Waals surface area contributed by atoms with Crippen molar-refractivity contribution in [1.82, 2.24) is 19.6 Å². The maximum absolute atomic E-state index is 14.2. The van der Waals surface area contributed by atoms with Gasteiger partial charge in [-0.1, -0.05) is 13.8 Å². The standard InChI is InChI=1S/C35H62N4O8/c1-21-15-35(6,44-11)30(47-32-28(40)26(36(7)8)14-22(2)46-32)23(3)29(41)34(4,5)33(43)45-20-27(38(10)16-21)25-18-39(19-25)31(42)24-12-13-37(9)17-24/h21-28,30,32,40H,12-20H2,1-11H3/t21-,22-,23+,24-,26+,27+,28-,30-,32+,35-/m1/s1. The van der Waals surface area contributed by atoms with Crippen molar-refractivity contribution in [1.29, 1.82) is 0 Å². The van der Waals surface area contributed by atoms with Gasteiger partial charge in [-0.25, -0.2) is 0 Å². The van der Waals surface area contributed by atoms with Crippen LogP contribution >= 0.6 is 0 Å². The molecular weight excluding hydrogens is 604 g/mol. The molecule has 1 N–H and O–H groups in total. The van der Waals surface area contributed by atoms with Crippen LogP contribution in [0.1, 0.15) is 60.8 Å². The third-order valence-corrected chi connectivity index (χ3v) is 11.4. The van der Waals surface area contributed by atoms with Gasteiger partial charge in [-0.05, 0) is 87.6 Å². The zero-order chi connectivity index (χ0) is 35.0. The molecule has 4 fully saturated rings. The average molecular weight is 667 g/mol. The number of carbonyl (C=O) groups excluding carboxylic acids is 3. The van der Waals surface area contributed by atoms with Gasteiger partial charge in [0.2, 0.25) is 5.91 Å². The number of hydrogen-bond acceptors (Lipinski definition) is 11. The Morgan fingerprint density at radius 1 is 1.04 bits per heavy atom. The topological polar surface area (TPSA) is 121 Å². The fraction of sp³-hybridized carbons (Fsp3) is 0.914. The van der Waals surface area contributed by atoms with Gasteiger partial charge in [0.25, 0.3) is 0 Å². The molecule has 0 aliphatic carbocycles. The normalized spacial score (nSPS) is 40.4. The molecular formula is C35H62N4O8. The van der Waals surface area contributed by atoms with Crippen molar-refractivity contribution in [3.05, 3.63) is 0 Å². The maximum Gasteiger partial charge on any atom is 0.319 e. The highest BCUT2D eigenvalue weighted by molar-refractivity contribution is 6.04. The highest BCUT2D eigenvalue weighted by Crippen LogP contribution is 2.39. The Morgan fingerprint density at radius 2 is 1.70 bits per heavy atom. The molecule has 0 unspecified atom stereocenters. The van der Waals surface area contributed by atoms with Gasteiger partial charge in [0.15, 0.2) is 12.1 Å². The Balaban J connectivity index is 1.58. The van der Waals surface area contributed by atoms with E-state index in [-0.39, 0.29) is 54.2 Å². The van der Waals surface area contributed by atoms with Gasteiger partial charge < -0.3 is 38.8 Å². The lowest BCUT2D eigenvalue weighted by Crippen LogP contribution is -2.60. The van der Waals surface area contributed by atoms with Gasteiger partial charge in [-0.2, -0.15) is 0 Å². The molecule has 0 aromatic rings. The number of aliphatic hydroxyl groups is 1. The molecule has 0 aromatic heterocycles. The minimum atomic E-state index is -1.46. The molecule has 4 rings (SSSR count). The lowest BCUT2D eigenvalue weighted by atomic mass is 9.74. The third kappa shape index (κ3) is 8.22. The average Bonchev–Trinajstić information content (AvgIpc) is 3.42. The fourth-order valence-electron chi connectivity index (χ4n) is 8.39. The number of cyclic esters (lactones) is 1. The number of likely N-dealkylation sites (tertiary alicyclic amines) is 2. The van der Waals surface area contributed by atoms with Gasteiger partial charge >= 0.3 is 5.97 Å². The number of amides is 1. The summed E-state index contributed by atoms with van der Waals surface area (Å²) in [5.74, 6) is -1.19. The second-order valence-electron chi connectivity index (χ2n) is 16.1. The van der Waals surface area contributed by atoms with Crippen LogP contribution in [0.3, 0.4) is 0 Å². The van der Waals surface area contributed by atoms with Gasteiger partial charge in [-0.15, -0.1) is 0 Å². The predicted octanol–water partition coefficient (Wildman–Crippen LogP) is 1.73. The van der Waals surface area contributed by atoms with E-state index >= 15 is 0 Å². The number of hydrogen-bond donors (Lipinski definition) is 1. The number of Topliss-reactive ketones (excluding diaryl/α,β-unsaturated/α-hetero) is 1.